The van der Waals surface area contributed by atoms with Gasteiger partial charge in [0.1, 0.15) is 5.82 Å². The average molecular weight is 280 g/mol. The van der Waals surface area contributed by atoms with E-state index in [0.717, 1.165) is 29.6 Å². The van der Waals surface area contributed by atoms with Crippen molar-refractivity contribution in [3.05, 3.63) is 22.8 Å². The van der Waals surface area contributed by atoms with Crippen molar-refractivity contribution in [2.75, 3.05) is 11.4 Å². The van der Waals surface area contributed by atoms with Gasteiger partial charge in [0, 0.05) is 25.2 Å². The highest BCUT2D eigenvalue weighted by molar-refractivity contribution is 6.31. The Labute approximate surface area is 120 Å². The highest BCUT2D eigenvalue weighted by Gasteiger charge is 2.22. The van der Waals surface area contributed by atoms with Crippen molar-refractivity contribution in [2.24, 2.45) is 0 Å². The van der Waals surface area contributed by atoms with Gasteiger partial charge in [-0.05, 0) is 51.2 Å². The van der Waals surface area contributed by atoms with Gasteiger partial charge in [-0.15, -0.1) is 0 Å². The summed E-state index contributed by atoms with van der Waals surface area (Å²) in [5.41, 5.74) is 0.990. The number of nitrogens with one attached hydrogen (secondary N) is 1. The molecule has 1 N–H and O–H groups in total. The number of pyridine rings is 1. The minimum Gasteiger partial charge on any atom is -0.354 e. The molecule has 3 rings (SSSR count). The van der Waals surface area contributed by atoms with E-state index in [1.165, 1.54) is 32.1 Å². The fourth-order valence-electron chi connectivity index (χ4n) is 2.72. The Morgan fingerprint density at radius 1 is 1.32 bits per heavy atom. The van der Waals surface area contributed by atoms with Crippen LogP contribution in [0.25, 0.3) is 0 Å². The molecule has 1 aromatic heterocycles. The number of nitrogens with zero attached hydrogens (tertiary/aromatic N) is 2. The van der Waals surface area contributed by atoms with Crippen LogP contribution in [0.2, 0.25) is 5.02 Å². The fraction of sp³-hybridized carbons (Fsp3) is 0.667. The van der Waals surface area contributed by atoms with Gasteiger partial charge in [0.2, 0.25) is 0 Å². The van der Waals surface area contributed by atoms with Gasteiger partial charge in [0.05, 0.1) is 10.7 Å². The lowest BCUT2D eigenvalue weighted by molar-refractivity contribution is 0.480. The molecule has 1 aromatic rings. The quantitative estimate of drug-likeness (QED) is 0.916. The number of hydrogen-bond donors (Lipinski definition) is 1. The molecule has 1 saturated heterocycles. The Bertz CT molecular complexity index is 445. The summed E-state index contributed by atoms with van der Waals surface area (Å²) in [7, 11) is 0. The molecule has 1 aliphatic heterocycles. The molecule has 19 heavy (non-hydrogen) atoms. The molecular formula is C15H22ClN3. The maximum absolute atomic E-state index is 6.25. The van der Waals surface area contributed by atoms with E-state index in [0.29, 0.717) is 12.1 Å². The summed E-state index contributed by atoms with van der Waals surface area (Å²) in [6.07, 6.45) is 6.45. The summed E-state index contributed by atoms with van der Waals surface area (Å²) in [5.74, 6) is 1.09. The molecule has 2 heterocycles. The zero-order chi connectivity index (χ0) is 13.2. The molecule has 0 bridgehead atoms. The number of rotatable bonds is 4. The van der Waals surface area contributed by atoms with Crippen LogP contribution in [0.5, 0.6) is 0 Å². The average Bonchev–Trinajstić information content (AvgIpc) is 3.23. The minimum absolute atomic E-state index is 0.590. The third kappa shape index (κ3) is 3.21. The van der Waals surface area contributed by atoms with E-state index >= 15 is 0 Å². The maximum Gasteiger partial charge on any atom is 0.129 e. The molecule has 2 fully saturated rings. The van der Waals surface area contributed by atoms with Crippen molar-refractivity contribution in [3.8, 4) is 0 Å². The van der Waals surface area contributed by atoms with Crippen molar-refractivity contribution < 1.29 is 0 Å². The molecule has 1 aliphatic carbocycles. The predicted octanol–water partition coefficient (Wildman–Crippen LogP) is 3.37. The molecule has 0 radical (unpaired) electrons. The van der Waals surface area contributed by atoms with E-state index in [1.54, 1.807) is 0 Å². The first-order valence-corrected chi connectivity index (χ1v) is 7.77. The Balaban J connectivity index is 1.74. The van der Waals surface area contributed by atoms with Crippen LogP contribution in [0, 0.1) is 0 Å². The van der Waals surface area contributed by atoms with Crippen LogP contribution in [0.3, 0.4) is 0 Å². The fourth-order valence-corrected chi connectivity index (χ4v) is 2.90. The number of piperidine rings is 1. The first-order valence-electron chi connectivity index (χ1n) is 7.39. The van der Waals surface area contributed by atoms with Crippen molar-refractivity contribution in [1.29, 1.82) is 0 Å². The molecule has 1 saturated carbocycles. The van der Waals surface area contributed by atoms with E-state index in [2.05, 4.69) is 23.2 Å². The summed E-state index contributed by atoms with van der Waals surface area (Å²) < 4.78 is 0. The molecule has 3 nitrogen and oxygen atoms in total. The smallest absolute Gasteiger partial charge is 0.129 e. The first kappa shape index (κ1) is 13.2. The van der Waals surface area contributed by atoms with E-state index in [4.69, 9.17) is 16.6 Å². The molecule has 2 aliphatic rings. The molecule has 4 heteroatoms. The summed E-state index contributed by atoms with van der Waals surface area (Å²) in [4.78, 5) is 7.19. The molecule has 1 atom stereocenters. The van der Waals surface area contributed by atoms with Crippen LogP contribution in [0.15, 0.2) is 12.1 Å². The third-order valence-corrected chi connectivity index (χ3v) is 4.48. The zero-order valence-corrected chi connectivity index (χ0v) is 12.3. The topological polar surface area (TPSA) is 28.2 Å². The Kier molecular flexibility index (Phi) is 3.94. The lowest BCUT2D eigenvalue weighted by Gasteiger charge is -2.34. The summed E-state index contributed by atoms with van der Waals surface area (Å²) in [6, 6.07) is 5.34. The maximum atomic E-state index is 6.25. The molecule has 0 spiro atoms. The second-order valence-electron chi connectivity index (χ2n) is 5.79. The van der Waals surface area contributed by atoms with Gasteiger partial charge in [-0.3, -0.25) is 0 Å². The van der Waals surface area contributed by atoms with Crippen LogP contribution >= 0.6 is 11.6 Å². The summed E-state index contributed by atoms with van der Waals surface area (Å²) >= 11 is 6.25. The van der Waals surface area contributed by atoms with Gasteiger partial charge in [-0.25, -0.2) is 4.98 Å². The number of aromatic nitrogens is 1. The van der Waals surface area contributed by atoms with E-state index < -0.39 is 0 Å². The SMILES string of the molecule is CC1CCCCN1c1ccc(Cl)c(CNC2CC2)n1. The van der Waals surface area contributed by atoms with Crippen molar-refractivity contribution in [3.63, 3.8) is 0 Å². The number of hydrogen-bond acceptors (Lipinski definition) is 3. The van der Waals surface area contributed by atoms with Gasteiger partial charge in [0.25, 0.3) is 0 Å². The highest BCUT2D eigenvalue weighted by atomic mass is 35.5. The lowest BCUT2D eigenvalue weighted by Crippen LogP contribution is -2.38. The molecular weight excluding hydrogens is 258 g/mol. The lowest BCUT2D eigenvalue weighted by atomic mass is 10.0. The third-order valence-electron chi connectivity index (χ3n) is 4.14. The van der Waals surface area contributed by atoms with Gasteiger partial charge >= 0.3 is 0 Å². The largest absolute Gasteiger partial charge is 0.354 e. The number of halogens is 1. The second kappa shape index (κ2) is 5.68. The minimum atomic E-state index is 0.590. The van der Waals surface area contributed by atoms with E-state index in [-0.39, 0.29) is 0 Å². The van der Waals surface area contributed by atoms with E-state index in [1.807, 2.05) is 6.07 Å². The molecule has 0 amide bonds. The van der Waals surface area contributed by atoms with Gasteiger partial charge in [-0.1, -0.05) is 11.6 Å². The molecule has 104 valence electrons. The van der Waals surface area contributed by atoms with Crippen molar-refractivity contribution in [1.82, 2.24) is 10.3 Å². The molecule has 1 unspecified atom stereocenters. The monoisotopic (exact) mass is 279 g/mol. The van der Waals surface area contributed by atoms with Crippen molar-refractivity contribution >= 4 is 17.4 Å². The highest BCUT2D eigenvalue weighted by Crippen LogP contribution is 2.26. The Hall–Kier alpha value is -0.800. The van der Waals surface area contributed by atoms with Crippen LogP contribution in [-0.2, 0) is 6.54 Å². The van der Waals surface area contributed by atoms with Gasteiger partial charge in [-0.2, -0.15) is 0 Å². The summed E-state index contributed by atoms with van der Waals surface area (Å²) in [5, 5.41) is 4.27. The Morgan fingerprint density at radius 3 is 2.89 bits per heavy atom. The van der Waals surface area contributed by atoms with Gasteiger partial charge in [0.15, 0.2) is 0 Å². The zero-order valence-electron chi connectivity index (χ0n) is 11.5. The van der Waals surface area contributed by atoms with Crippen LogP contribution in [0.1, 0.15) is 44.7 Å². The van der Waals surface area contributed by atoms with Gasteiger partial charge < -0.3 is 10.2 Å². The van der Waals surface area contributed by atoms with Crippen molar-refractivity contribution in [2.45, 2.75) is 57.7 Å². The molecule has 0 aromatic carbocycles. The summed E-state index contributed by atoms with van der Waals surface area (Å²) in [6.45, 7) is 4.20. The standard InChI is InChI=1S/C15H22ClN3/c1-11-4-2-3-9-19(11)15-8-7-13(16)14(18-15)10-17-12-5-6-12/h7-8,11-12,17H,2-6,9-10H2,1H3. The number of anilines is 1. The first-order chi connectivity index (χ1) is 9.24. The Morgan fingerprint density at radius 2 is 2.16 bits per heavy atom. The van der Waals surface area contributed by atoms with E-state index in [9.17, 15) is 0 Å². The predicted molar refractivity (Wildman–Crippen MR) is 79.8 cm³/mol. The normalized spacial score (nSPS) is 23.7. The van der Waals surface area contributed by atoms with Crippen LogP contribution in [0.4, 0.5) is 5.82 Å². The van der Waals surface area contributed by atoms with Crippen LogP contribution in [-0.4, -0.2) is 23.6 Å². The van der Waals surface area contributed by atoms with Crippen LogP contribution < -0.4 is 10.2 Å². The second-order valence-corrected chi connectivity index (χ2v) is 6.20.